The van der Waals surface area contributed by atoms with Crippen LogP contribution in [0.4, 0.5) is 0 Å². The van der Waals surface area contributed by atoms with Gasteiger partial charge >= 0.3 is 39.5 Å². The fourth-order valence-electron chi connectivity index (χ4n) is 9.57. The summed E-state index contributed by atoms with van der Waals surface area (Å²) in [5.41, 5.74) is 0. The molecular formula is C65H126O17P2. The van der Waals surface area contributed by atoms with Crippen LogP contribution in [0.1, 0.15) is 312 Å². The van der Waals surface area contributed by atoms with Gasteiger partial charge in [0.25, 0.3) is 0 Å². The van der Waals surface area contributed by atoms with Crippen molar-refractivity contribution in [3.05, 3.63) is 0 Å². The van der Waals surface area contributed by atoms with Gasteiger partial charge in [0.15, 0.2) is 12.2 Å². The zero-order valence-corrected chi connectivity index (χ0v) is 56.3. The lowest BCUT2D eigenvalue weighted by molar-refractivity contribution is -0.161. The number of carbonyl (C=O) groups is 4. The number of phosphoric ester groups is 2. The number of esters is 4. The van der Waals surface area contributed by atoms with Gasteiger partial charge in [0.05, 0.1) is 26.4 Å². The number of hydrogen-bond donors (Lipinski definition) is 3. The summed E-state index contributed by atoms with van der Waals surface area (Å²) in [5.74, 6) is 0.766. The van der Waals surface area contributed by atoms with Crippen molar-refractivity contribution in [3.8, 4) is 0 Å². The van der Waals surface area contributed by atoms with Crippen molar-refractivity contribution in [2.45, 2.75) is 331 Å². The van der Waals surface area contributed by atoms with Crippen molar-refractivity contribution >= 4 is 39.5 Å². The Bertz CT molecular complexity index is 1680. The average molecular weight is 1240 g/mol. The second-order valence-corrected chi connectivity index (χ2v) is 28.1. The lowest BCUT2D eigenvalue weighted by Gasteiger charge is -2.21. The minimum Gasteiger partial charge on any atom is -0.462 e. The molecule has 3 unspecified atom stereocenters. The molecule has 0 radical (unpaired) electrons. The fourth-order valence-corrected chi connectivity index (χ4v) is 11.2. The largest absolute Gasteiger partial charge is 0.472 e. The van der Waals surface area contributed by atoms with E-state index in [9.17, 15) is 43.2 Å². The summed E-state index contributed by atoms with van der Waals surface area (Å²) >= 11 is 0. The van der Waals surface area contributed by atoms with E-state index in [0.717, 1.165) is 115 Å². The topological polar surface area (TPSA) is 237 Å². The molecule has 0 aromatic heterocycles. The molecule has 6 atom stereocenters. The second-order valence-electron chi connectivity index (χ2n) is 25.2. The Hall–Kier alpha value is -1.94. The molecule has 0 saturated carbocycles. The SMILES string of the molecule is CCC(C)CCCCCCCCCCC(=O)O[C@H](COC(=O)CCCCCCCCCC(C)C)COP(=O)(O)OC[C@@H](O)COP(=O)(O)OC[C@@H](COC(=O)CCCCCCCCC(C)C)OC(=O)CCCCCCCCCCCCC(C)C. The minimum absolute atomic E-state index is 0.103. The molecule has 17 nitrogen and oxygen atoms in total. The summed E-state index contributed by atoms with van der Waals surface area (Å²) in [7, 11) is -9.89. The third kappa shape index (κ3) is 57.8. The van der Waals surface area contributed by atoms with Crippen molar-refractivity contribution in [1.82, 2.24) is 0 Å². The molecule has 0 aromatic carbocycles. The first kappa shape index (κ1) is 82.1. The molecule has 0 rings (SSSR count). The molecule has 0 aliphatic heterocycles. The lowest BCUT2D eigenvalue weighted by Crippen LogP contribution is -2.30. The molecule has 0 heterocycles. The average Bonchev–Trinajstić information content (AvgIpc) is 3.46. The highest BCUT2D eigenvalue weighted by molar-refractivity contribution is 7.47. The van der Waals surface area contributed by atoms with E-state index in [-0.39, 0.29) is 25.7 Å². The van der Waals surface area contributed by atoms with E-state index in [4.69, 9.17) is 37.0 Å². The first-order chi connectivity index (χ1) is 40.1. The standard InChI is InChI=1S/C65H126O17P2/c1-9-58(8)44-36-28-19-14-15-21-32-40-48-65(70)82-60(51-75-62(67)45-37-29-22-16-18-26-34-42-56(4)5)53-79-83(71,72)77-49-59(66)50-78-84(73,74)80-54-61(52-76-63(68)46-38-30-24-23-27-35-43-57(6)7)81-64(69)47-39-31-20-13-11-10-12-17-25-33-41-55(2)3/h55-61,66H,9-54H2,1-8H3,(H,71,72)(H,73,74)/t58?,59-,60-,61-/m1/s1. The Morgan fingerprint density at radius 2 is 0.571 bits per heavy atom. The maximum Gasteiger partial charge on any atom is 0.472 e. The molecule has 0 aromatic rings. The number of ether oxygens (including phenoxy) is 4. The van der Waals surface area contributed by atoms with Crippen molar-refractivity contribution in [3.63, 3.8) is 0 Å². The minimum atomic E-state index is -4.95. The molecule has 0 aliphatic rings. The van der Waals surface area contributed by atoms with Crippen LogP contribution in [0.2, 0.25) is 0 Å². The van der Waals surface area contributed by atoms with E-state index < -0.39 is 97.5 Å². The molecule has 0 bridgehead atoms. The van der Waals surface area contributed by atoms with E-state index in [1.54, 1.807) is 0 Å². The van der Waals surface area contributed by atoms with Gasteiger partial charge in [-0.2, -0.15) is 0 Å². The highest BCUT2D eigenvalue weighted by atomic mass is 31.2. The number of aliphatic hydroxyl groups is 1. The molecule has 0 saturated heterocycles. The molecule has 0 aliphatic carbocycles. The van der Waals surface area contributed by atoms with Crippen LogP contribution in [0.25, 0.3) is 0 Å². The second kappa shape index (κ2) is 55.2. The molecule has 498 valence electrons. The van der Waals surface area contributed by atoms with E-state index in [1.165, 1.54) is 103 Å². The Balaban J connectivity index is 5.26. The number of unbranched alkanes of at least 4 members (excludes halogenated alkanes) is 27. The normalized spacial score (nSPS) is 14.7. The van der Waals surface area contributed by atoms with Crippen molar-refractivity contribution in [2.24, 2.45) is 23.7 Å². The predicted molar refractivity (Wildman–Crippen MR) is 335 cm³/mol. The molecule has 3 N–H and O–H groups in total. The van der Waals surface area contributed by atoms with Crippen LogP contribution < -0.4 is 0 Å². The van der Waals surface area contributed by atoms with Gasteiger partial charge in [-0.15, -0.1) is 0 Å². The molecular weight excluding hydrogens is 1110 g/mol. The summed E-state index contributed by atoms with van der Waals surface area (Å²) < 4.78 is 68.0. The Morgan fingerprint density at radius 3 is 0.845 bits per heavy atom. The zero-order chi connectivity index (χ0) is 62.5. The van der Waals surface area contributed by atoms with Gasteiger partial charge in [0, 0.05) is 25.7 Å². The zero-order valence-electron chi connectivity index (χ0n) is 54.5. The quantitative estimate of drug-likeness (QED) is 0.0222. The van der Waals surface area contributed by atoms with Crippen LogP contribution >= 0.6 is 15.6 Å². The monoisotopic (exact) mass is 1240 g/mol. The highest BCUT2D eigenvalue weighted by Crippen LogP contribution is 2.45. The third-order valence-corrected chi connectivity index (χ3v) is 17.1. The summed E-state index contributed by atoms with van der Waals surface area (Å²) in [4.78, 5) is 72.2. The Kier molecular flexibility index (Phi) is 53.9. The fraction of sp³-hybridized carbons (Fsp3) is 0.938. The highest BCUT2D eigenvalue weighted by Gasteiger charge is 2.30. The third-order valence-electron chi connectivity index (χ3n) is 15.2. The number of carbonyl (C=O) groups excluding carboxylic acids is 4. The Labute approximate surface area is 511 Å². The van der Waals surface area contributed by atoms with E-state index in [0.29, 0.717) is 37.5 Å². The maximum absolute atomic E-state index is 13.0. The van der Waals surface area contributed by atoms with Crippen LogP contribution in [0.15, 0.2) is 0 Å². The van der Waals surface area contributed by atoms with Gasteiger partial charge in [0.1, 0.15) is 19.3 Å². The molecule has 0 fully saturated rings. The smallest absolute Gasteiger partial charge is 0.462 e. The van der Waals surface area contributed by atoms with Gasteiger partial charge in [0.2, 0.25) is 0 Å². The first-order valence-electron chi connectivity index (χ1n) is 33.7. The maximum atomic E-state index is 13.0. The molecule has 84 heavy (non-hydrogen) atoms. The molecule has 0 spiro atoms. The van der Waals surface area contributed by atoms with E-state index in [1.807, 2.05) is 0 Å². The summed E-state index contributed by atoms with van der Waals surface area (Å²) in [6.45, 7) is 13.9. The predicted octanol–water partition coefficient (Wildman–Crippen LogP) is 17.8. The lowest BCUT2D eigenvalue weighted by atomic mass is 9.99. The summed E-state index contributed by atoms with van der Waals surface area (Å²) in [5, 5.41) is 10.5. The van der Waals surface area contributed by atoms with Gasteiger partial charge in [-0.25, -0.2) is 9.13 Å². The van der Waals surface area contributed by atoms with Crippen molar-refractivity contribution in [2.75, 3.05) is 39.6 Å². The van der Waals surface area contributed by atoms with Crippen LogP contribution in [0, 0.1) is 23.7 Å². The molecule has 0 amide bonds. The number of phosphoric acid groups is 2. The van der Waals surface area contributed by atoms with Crippen LogP contribution in [0.3, 0.4) is 0 Å². The first-order valence-corrected chi connectivity index (χ1v) is 36.7. The molecule has 19 heteroatoms. The van der Waals surface area contributed by atoms with Crippen LogP contribution in [-0.4, -0.2) is 96.7 Å². The van der Waals surface area contributed by atoms with Crippen LogP contribution in [-0.2, 0) is 65.4 Å². The van der Waals surface area contributed by atoms with Gasteiger partial charge in [-0.3, -0.25) is 37.3 Å². The van der Waals surface area contributed by atoms with E-state index in [2.05, 4.69) is 55.4 Å². The van der Waals surface area contributed by atoms with Gasteiger partial charge < -0.3 is 33.8 Å². The summed E-state index contributed by atoms with van der Waals surface area (Å²) in [6, 6.07) is 0. The number of hydrogen-bond acceptors (Lipinski definition) is 15. The number of aliphatic hydroxyl groups excluding tert-OH is 1. The van der Waals surface area contributed by atoms with Gasteiger partial charge in [-0.05, 0) is 49.4 Å². The number of rotatable bonds is 62. The van der Waals surface area contributed by atoms with Crippen molar-refractivity contribution < 1.29 is 80.2 Å². The van der Waals surface area contributed by atoms with E-state index >= 15 is 0 Å². The summed E-state index contributed by atoms with van der Waals surface area (Å²) in [6.07, 6.45) is 35.0. The Morgan fingerprint density at radius 1 is 0.333 bits per heavy atom. The van der Waals surface area contributed by atoms with Crippen LogP contribution in [0.5, 0.6) is 0 Å². The van der Waals surface area contributed by atoms with Gasteiger partial charge in [-0.1, -0.05) is 261 Å². The van der Waals surface area contributed by atoms with Crippen molar-refractivity contribution in [1.29, 1.82) is 0 Å².